The standard InChI is InChI=1S/C24H38O5/c1-2-3-4-5-6-7-8-9-10-11-12-13-14-20-15-17-22(27-20)23-18-16-21(28-29-23)19-24(25)26/h2,5-8,20-23H,1,3-4,9-19H2,(H,25,26)/b6-5-,8-7-/t20?,21-,22?,23-/m0/s1. The highest BCUT2D eigenvalue weighted by molar-refractivity contribution is 5.67. The van der Waals surface area contributed by atoms with Crippen molar-refractivity contribution in [2.45, 2.75) is 108 Å². The second kappa shape index (κ2) is 14.5. The molecular weight excluding hydrogens is 368 g/mol. The Morgan fingerprint density at radius 2 is 1.59 bits per heavy atom. The van der Waals surface area contributed by atoms with Crippen LogP contribution in [0.4, 0.5) is 0 Å². The van der Waals surface area contributed by atoms with E-state index in [1.54, 1.807) is 0 Å². The maximum Gasteiger partial charge on any atom is 0.306 e. The van der Waals surface area contributed by atoms with Crippen molar-refractivity contribution in [3.05, 3.63) is 37.0 Å². The topological polar surface area (TPSA) is 65.0 Å². The van der Waals surface area contributed by atoms with Crippen LogP contribution >= 0.6 is 0 Å². The molecule has 0 radical (unpaired) electrons. The van der Waals surface area contributed by atoms with Crippen molar-refractivity contribution in [1.29, 1.82) is 0 Å². The first kappa shape index (κ1) is 23.8. The molecule has 0 saturated carbocycles. The Hall–Kier alpha value is -1.43. The molecule has 2 rings (SSSR count). The third kappa shape index (κ3) is 10.2. The number of rotatable bonds is 14. The van der Waals surface area contributed by atoms with Crippen LogP contribution in [0.2, 0.25) is 0 Å². The summed E-state index contributed by atoms with van der Waals surface area (Å²) in [4.78, 5) is 21.4. The lowest BCUT2D eigenvalue weighted by Gasteiger charge is -2.30. The molecule has 5 nitrogen and oxygen atoms in total. The lowest BCUT2D eigenvalue weighted by molar-refractivity contribution is -0.385. The van der Waals surface area contributed by atoms with Crippen LogP contribution in [0.25, 0.3) is 0 Å². The number of carbonyl (C=O) groups is 1. The number of unbranched alkanes of at least 4 members (excludes halogenated alkanes) is 5. The molecule has 2 saturated heterocycles. The quantitative estimate of drug-likeness (QED) is 0.168. The number of aliphatic carboxylic acids is 1. The molecule has 0 aromatic heterocycles. The number of allylic oxidation sites excluding steroid dienone is 5. The molecule has 0 aromatic carbocycles. The summed E-state index contributed by atoms with van der Waals surface area (Å²) >= 11 is 0. The van der Waals surface area contributed by atoms with Gasteiger partial charge in [-0.2, -0.15) is 0 Å². The largest absolute Gasteiger partial charge is 0.481 e. The number of carboxylic acid groups (broad SMARTS) is 1. The second-order valence-corrected chi connectivity index (χ2v) is 8.12. The van der Waals surface area contributed by atoms with Gasteiger partial charge in [-0.15, -0.1) is 6.58 Å². The molecular formula is C24H38O5. The Kier molecular flexibility index (Phi) is 12.0. The van der Waals surface area contributed by atoms with Crippen molar-refractivity contribution < 1.29 is 24.4 Å². The maximum atomic E-state index is 10.7. The lowest BCUT2D eigenvalue weighted by Crippen LogP contribution is -2.37. The molecule has 2 fully saturated rings. The van der Waals surface area contributed by atoms with Gasteiger partial charge in [-0.05, 0) is 57.8 Å². The van der Waals surface area contributed by atoms with E-state index in [0.29, 0.717) is 6.10 Å². The van der Waals surface area contributed by atoms with Crippen molar-refractivity contribution in [3.8, 4) is 0 Å². The van der Waals surface area contributed by atoms with E-state index in [2.05, 4.69) is 30.9 Å². The summed E-state index contributed by atoms with van der Waals surface area (Å²) < 4.78 is 6.17. The molecule has 2 aliphatic heterocycles. The van der Waals surface area contributed by atoms with E-state index in [-0.39, 0.29) is 24.7 Å². The predicted octanol–water partition coefficient (Wildman–Crippen LogP) is 5.91. The van der Waals surface area contributed by atoms with Gasteiger partial charge in [0, 0.05) is 0 Å². The first-order valence-corrected chi connectivity index (χ1v) is 11.3. The normalized spacial score (nSPS) is 27.7. The SMILES string of the molecule is C=CCC/C=C\C=C/CCCCCCC1CCC([C@@H]2CC[C@@H](CC(=O)O)OO2)O1. The van der Waals surface area contributed by atoms with Crippen molar-refractivity contribution >= 4 is 5.97 Å². The second-order valence-electron chi connectivity index (χ2n) is 8.12. The smallest absolute Gasteiger partial charge is 0.306 e. The minimum absolute atomic E-state index is 0.00307. The summed E-state index contributed by atoms with van der Waals surface area (Å²) in [5.74, 6) is -0.846. The van der Waals surface area contributed by atoms with Crippen molar-refractivity contribution in [1.82, 2.24) is 0 Å². The third-order valence-corrected chi connectivity index (χ3v) is 5.61. The van der Waals surface area contributed by atoms with Gasteiger partial charge >= 0.3 is 5.97 Å². The van der Waals surface area contributed by atoms with Crippen molar-refractivity contribution in [3.63, 3.8) is 0 Å². The highest BCUT2D eigenvalue weighted by Gasteiger charge is 2.36. The first-order chi connectivity index (χ1) is 14.2. The summed E-state index contributed by atoms with van der Waals surface area (Å²) in [5, 5.41) is 8.82. The zero-order chi connectivity index (χ0) is 20.7. The van der Waals surface area contributed by atoms with Crippen LogP contribution in [-0.4, -0.2) is 35.5 Å². The van der Waals surface area contributed by atoms with Crippen LogP contribution in [0, 0.1) is 0 Å². The van der Waals surface area contributed by atoms with Crippen LogP contribution < -0.4 is 0 Å². The molecule has 0 amide bonds. The Bertz CT molecular complexity index is 519. The van der Waals surface area contributed by atoms with E-state index in [0.717, 1.165) is 51.4 Å². The fourth-order valence-electron chi connectivity index (χ4n) is 3.95. The highest BCUT2D eigenvalue weighted by Crippen LogP contribution is 2.31. The number of ether oxygens (including phenoxy) is 1. The fraction of sp³-hybridized carbons (Fsp3) is 0.708. The van der Waals surface area contributed by atoms with Crippen molar-refractivity contribution in [2.75, 3.05) is 0 Å². The third-order valence-electron chi connectivity index (χ3n) is 5.61. The van der Waals surface area contributed by atoms with E-state index in [1.807, 2.05) is 6.08 Å². The van der Waals surface area contributed by atoms with Gasteiger partial charge in [0.15, 0.2) is 0 Å². The van der Waals surface area contributed by atoms with Gasteiger partial charge in [0.1, 0.15) is 12.2 Å². The number of hydrogen-bond donors (Lipinski definition) is 1. The first-order valence-electron chi connectivity index (χ1n) is 11.3. The lowest BCUT2D eigenvalue weighted by atomic mass is 10.0. The van der Waals surface area contributed by atoms with Crippen LogP contribution in [0.3, 0.4) is 0 Å². The van der Waals surface area contributed by atoms with E-state index < -0.39 is 5.97 Å². The Morgan fingerprint density at radius 3 is 2.31 bits per heavy atom. The minimum atomic E-state index is -0.846. The Balaban J connectivity index is 1.46. The number of hydrogen-bond acceptors (Lipinski definition) is 4. The molecule has 5 heteroatoms. The zero-order valence-electron chi connectivity index (χ0n) is 17.7. The van der Waals surface area contributed by atoms with Gasteiger partial charge in [0.2, 0.25) is 0 Å². The molecule has 2 aliphatic rings. The molecule has 0 bridgehead atoms. The highest BCUT2D eigenvalue weighted by atomic mass is 17.2. The fourth-order valence-corrected chi connectivity index (χ4v) is 3.95. The van der Waals surface area contributed by atoms with Crippen LogP contribution in [0.15, 0.2) is 37.0 Å². The van der Waals surface area contributed by atoms with E-state index >= 15 is 0 Å². The monoisotopic (exact) mass is 406 g/mol. The van der Waals surface area contributed by atoms with Crippen LogP contribution in [0.5, 0.6) is 0 Å². The summed E-state index contributed by atoms with van der Waals surface area (Å²) in [6.45, 7) is 3.72. The molecule has 2 heterocycles. The maximum absolute atomic E-state index is 10.7. The minimum Gasteiger partial charge on any atom is -0.481 e. The zero-order valence-corrected chi connectivity index (χ0v) is 17.7. The Labute approximate surface area is 175 Å². The van der Waals surface area contributed by atoms with E-state index in [4.69, 9.17) is 19.6 Å². The van der Waals surface area contributed by atoms with E-state index in [1.165, 1.54) is 25.7 Å². The van der Waals surface area contributed by atoms with Gasteiger partial charge in [0.25, 0.3) is 0 Å². The average molecular weight is 407 g/mol. The summed E-state index contributed by atoms with van der Waals surface area (Å²) in [5.41, 5.74) is 0. The number of carboxylic acids is 1. The molecule has 29 heavy (non-hydrogen) atoms. The predicted molar refractivity (Wildman–Crippen MR) is 115 cm³/mol. The van der Waals surface area contributed by atoms with Gasteiger partial charge in [-0.3, -0.25) is 4.79 Å². The van der Waals surface area contributed by atoms with Gasteiger partial charge < -0.3 is 9.84 Å². The molecule has 0 aliphatic carbocycles. The van der Waals surface area contributed by atoms with Gasteiger partial charge in [-0.1, -0.05) is 49.6 Å². The van der Waals surface area contributed by atoms with Gasteiger partial charge in [-0.25, -0.2) is 9.78 Å². The molecule has 0 aromatic rings. The van der Waals surface area contributed by atoms with Crippen molar-refractivity contribution in [2.24, 2.45) is 0 Å². The summed E-state index contributed by atoms with van der Waals surface area (Å²) in [7, 11) is 0. The summed E-state index contributed by atoms with van der Waals surface area (Å²) in [6.07, 6.45) is 23.7. The molecule has 1 N–H and O–H groups in total. The Morgan fingerprint density at radius 1 is 0.862 bits per heavy atom. The average Bonchev–Trinajstić information content (AvgIpc) is 3.18. The molecule has 2 unspecified atom stereocenters. The molecule has 164 valence electrons. The molecule has 4 atom stereocenters. The van der Waals surface area contributed by atoms with Crippen LogP contribution in [0.1, 0.15) is 83.5 Å². The molecule has 0 spiro atoms. The summed E-state index contributed by atoms with van der Waals surface area (Å²) in [6, 6.07) is 0. The van der Waals surface area contributed by atoms with E-state index in [9.17, 15) is 4.79 Å². The van der Waals surface area contributed by atoms with Crippen LogP contribution in [-0.2, 0) is 19.3 Å². The van der Waals surface area contributed by atoms with Gasteiger partial charge in [0.05, 0.1) is 18.6 Å².